The zero-order valence-electron chi connectivity index (χ0n) is 17.0. The average Bonchev–Trinajstić information content (AvgIpc) is 2.71. The number of rotatable bonds is 3. The molecule has 2 saturated heterocycles. The Labute approximate surface area is 178 Å². The first-order valence-electron chi connectivity index (χ1n) is 10.2. The molecule has 1 aliphatic carbocycles. The molecule has 0 spiro atoms. The van der Waals surface area contributed by atoms with Crippen LogP contribution in [0.3, 0.4) is 0 Å². The largest absolute Gasteiger partial charge is 0.508 e. The summed E-state index contributed by atoms with van der Waals surface area (Å²) in [6.07, 6.45) is -8.09. The van der Waals surface area contributed by atoms with Gasteiger partial charge in [-0.2, -0.15) is 0 Å². The van der Waals surface area contributed by atoms with Gasteiger partial charge in [0.15, 0.2) is 11.6 Å². The highest BCUT2D eigenvalue weighted by atomic mass is 16.7. The van der Waals surface area contributed by atoms with Crippen molar-refractivity contribution in [2.45, 2.75) is 63.2 Å². The summed E-state index contributed by atoms with van der Waals surface area (Å²) in [7, 11) is 0. The molecular formula is C21H26O10. The standard InChI is InChI=1S/C21H26O10/c1-7-3-10-14(8(2)29-7)18(26)15-11(16(10)24)4-9(23)5-12(15)30-21-20(28)19(27)17(25)13(6-22)31-21/h4-5,7-8,10,13-14,17,19-23,25,27-28H,3,6H2,1-2H3/t7-,8-,10-,13+,14-,17+,19-,20+,21+/m0/s1. The molecule has 5 N–H and O–H groups in total. The second-order valence-corrected chi connectivity index (χ2v) is 8.43. The predicted molar refractivity (Wildman–Crippen MR) is 103 cm³/mol. The summed E-state index contributed by atoms with van der Waals surface area (Å²) < 4.78 is 16.7. The van der Waals surface area contributed by atoms with Crippen molar-refractivity contribution >= 4 is 11.6 Å². The van der Waals surface area contributed by atoms with Crippen LogP contribution in [-0.2, 0) is 9.47 Å². The number of phenols is 1. The predicted octanol–water partition coefficient (Wildman–Crippen LogP) is -0.620. The van der Waals surface area contributed by atoms with Gasteiger partial charge < -0.3 is 39.7 Å². The van der Waals surface area contributed by atoms with Gasteiger partial charge in [-0.15, -0.1) is 0 Å². The summed E-state index contributed by atoms with van der Waals surface area (Å²) in [5, 5.41) is 49.7. The number of phenolic OH excluding ortho intramolecular Hbond substituents is 1. The summed E-state index contributed by atoms with van der Waals surface area (Å²) in [5.41, 5.74) is -0.0573. The first-order valence-corrected chi connectivity index (χ1v) is 10.2. The number of hydrogen-bond acceptors (Lipinski definition) is 10. The number of hydrogen-bond donors (Lipinski definition) is 5. The molecule has 10 heteroatoms. The van der Waals surface area contributed by atoms with Crippen molar-refractivity contribution in [3.63, 3.8) is 0 Å². The molecule has 2 heterocycles. The fourth-order valence-corrected chi connectivity index (χ4v) is 4.80. The highest BCUT2D eigenvalue weighted by molar-refractivity contribution is 6.18. The molecule has 31 heavy (non-hydrogen) atoms. The van der Waals surface area contributed by atoms with Crippen LogP contribution >= 0.6 is 0 Å². The van der Waals surface area contributed by atoms with Gasteiger partial charge in [-0.25, -0.2) is 0 Å². The molecule has 3 aliphatic rings. The van der Waals surface area contributed by atoms with Crippen molar-refractivity contribution in [1.29, 1.82) is 0 Å². The first-order chi connectivity index (χ1) is 14.6. The molecule has 0 unspecified atom stereocenters. The van der Waals surface area contributed by atoms with Gasteiger partial charge in [0.25, 0.3) is 0 Å². The first kappa shape index (κ1) is 22.1. The van der Waals surface area contributed by atoms with Gasteiger partial charge in [-0.3, -0.25) is 9.59 Å². The lowest BCUT2D eigenvalue weighted by Gasteiger charge is -2.42. The van der Waals surface area contributed by atoms with Crippen LogP contribution in [0.2, 0.25) is 0 Å². The fraction of sp³-hybridized carbons (Fsp3) is 0.619. The van der Waals surface area contributed by atoms with E-state index in [1.165, 1.54) is 6.07 Å². The van der Waals surface area contributed by atoms with Crippen molar-refractivity contribution in [2.75, 3.05) is 6.61 Å². The smallest absolute Gasteiger partial charge is 0.229 e. The van der Waals surface area contributed by atoms with Crippen molar-refractivity contribution in [2.24, 2.45) is 11.8 Å². The Balaban J connectivity index is 1.73. The SMILES string of the molecule is C[C@@H]1O[C@@H](C)C[C@@H]2C(=O)c3cc(O)cc(O[C@@H]4O[C@H](CO)[C@@H](O)[C@H](O)[C@H]4O)c3C(=O)[C@@H]12. The second kappa shape index (κ2) is 8.12. The van der Waals surface area contributed by atoms with Gasteiger partial charge >= 0.3 is 0 Å². The maximum atomic E-state index is 13.4. The summed E-state index contributed by atoms with van der Waals surface area (Å²) >= 11 is 0. The molecule has 4 rings (SSSR count). The van der Waals surface area contributed by atoms with Crippen molar-refractivity contribution in [1.82, 2.24) is 0 Å². The second-order valence-electron chi connectivity index (χ2n) is 8.43. The number of aliphatic hydroxyl groups is 4. The summed E-state index contributed by atoms with van der Waals surface area (Å²) in [6, 6.07) is 2.32. The Bertz CT molecular complexity index is 883. The van der Waals surface area contributed by atoms with Crippen molar-refractivity contribution in [3.05, 3.63) is 23.3 Å². The van der Waals surface area contributed by atoms with Crippen LogP contribution in [0.1, 0.15) is 41.0 Å². The number of ether oxygens (including phenoxy) is 3. The van der Waals surface area contributed by atoms with Crippen LogP contribution in [0.25, 0.3) is 0 Å². The highest BCUT2D eigenvalue weighted by Crippen LogP contribution is 2.44. The van der Waals surface area contributed by atoms with E-state index in [1.54, 1.807) is 6.92 Å². The quantitative estimate of drug-likeness (QED) is 0.411. The zero-order valence-corrected chi connectivity index (χ0v) is 17.0. The van der Waals surface area contributed by atoms with E-state index in [4.69, 9.17) is 14.2 Å². The number of carbonyl (C=O) groups excluding carboxylic acids is 2. The Hall–Kier alpha value is -2.08. The molecule has 2 aliphatic heterocycles. The van der Waals surface area contributed by atoms with Crippen LogP contribution < -0.4 is 4.74 Å². The molecular weight excluding hydrogens is 412 g/mol. The number of benzene rings is 1. The zero-order chi connectivity index (χ0) is 22.6. The van der Waals surface area contributed by atoms with Gasteiger partial charge in [0, 0.05) is 17.5 Å². The third-order valence-electron chi connectivity index (χ3n) is 6.30. The molecule has 0 saturated carbocycles. The maximum absolute atomic E-state index is 13.4. The Morgan fingerprint density at radius 2 is 1.74 bits per heavy atom. The summed E-state index contributed by atoms with van der Waals surface area (Å²) in [6.45, 7) is 2.90. The van der Waals surface area contributed by atoms with E-state index < -0.39 is 61.0 Å². The Kier molecular flexibility index (Phi) is 5.80. The molecule has 1 aromatic rings. The minimum atomic E-state index is -1.71. The lowest BCUT2D eigenvalue weighted by atomic mass is 9.68. The van der Waals surface area contributed by atoms with E-state index in [0.717, 1.165) is 6.07 Å². The number of fused-ring (bicyclic) bond motifs is 2. The normalized spacial score (nSPS) is 40.3. The van der Waals surface area contributed by atoms with Gasteiger partial charge in [-0.1, -0.05) is 0 Å². The van der Waals surface area contributed by atoms with Gasteiger partial charge in [0.2, 0.25) is 6.29 Å². The monoisotopic (exact) mass is 438 g/mol. The Morgan fingerprint density at radius 1 is 1.03 bits per heavy atom. The van der Waals surface area contributed by atoms with Crippen molar-refractivity contribution in [3.8, 4) is 11.5 Å². The lowest BCUT2D eigenvalue weighted by molar-refractivity contribution is -0.277. The fourth-order valence-electron chi connectivity index (χ4n) is 4.80. The molecule has 170 valence electrons. The third-order valence-corrected chi connectivity index (χ3v) is 6.30. The number of ketones is 2. The summed E-state index contributed by atoms with van der Waals surface area (Å²) in [5.74, 6) is -2.54. The van der Waals surface area contributed by atoms with Crippen LogP contribution in [0.15, 0.2) is 12.1 Å². The molecule has 10 nitrogen and oxygen atoms in total. The topological polar surface area (TPSA) is 163 Å². The van der Waals surface area contributed by atoms with Crippen LogP contribution in [0, 0.1) is 11.8 Å². The summed E-state index contributed by atoms with van der Waals surface area (Å²) in [4.78, 5) is 26.6. The maximum Gasteiger partial charge on any atom is 0.229 e. The number of aliphatic hydroxyl groups excluding tert-OH is 4. The van der Waals surface area contributed by atoms with E-state index in [-0.39, 0.29) is 34.5 Å². The molecule has 2 fully saturated rings. The number of carbonyl (C=O) groups is 2. The van der Waals surface area contributed by atoms with E-state index in [9.17, 15) is 35.1 Å². The minimum Gasteiger partial charge on any atom is -0.508 e. The third kappa shape index (κ3) is 3.63. The Morgan fingerprint density at radius 3 is 2.42 bits per heavy atom. The lowest BCUT2D eigenvalue weighted by Crippen LogP contribution is -2.60. The molecule has 0 bridgehead atoms. The molecule has 0 aromatic heterocycles. The van der Waals surface area contributed by atoms with Gasteiger partial charge in [-0.05, 0) is 26.3 Å². The minimum absolute atomic E-state index is 0.00661. The van der Waals surface area contributed by atoms with Gasteiger partial charge in [0.05, 0.1) is 30.3 Å². The molecule has 1 aromatic carbocycles. The number of Topliss-reactive ketones (excluding diaryl/α,β-unsaturated/α-hetero) is 2. The van der Waals surface area contributed by atoms with Gasteiger partial charge in [0.1, 0.15) is 35.9 Å². The van der Waals surface area contributed by atoms with E-state index in [0.29, 0.717) is 6.42 Å². The molecule has 9 atom stereocenters. The van der Waals surface area contributed by atoms with E-state index in [1.807, 2.05) is 6.92 Å². The highest BCUT2D eigenvalue weighted by Gasteiger charge is 2.50. The van der Waals surface area contributed by atoms with Crippen LogP contribution in [0.5, 0.6) is 11.5 Å². The van der Waals surface area contributed by atoms with Crippen LogP contribution in [-0.4, -0.2) is 86.6 Å². The average molecular weight is 438 g/mol. The van der Waals surface area contributed by atoms with E-state index in [2.05, 4.69) is 0 Å². The van der Waals surface area contributed by atoms with Crippen LogP contribution in [0.4, 0.5) is 0 Å². The van der Waals surface area contributed by atoms with Crippen molar-refractivity contribution < 1.29 is 49.3 Å². The molecule has 0 amide bonds. The van der Waals surface area contributed by atoms with E-state index >= 15 is 0 Å². The number of aromatic hydroxyl groups is 1. The molecule has 0 radical (unpaired) electrons.